The minimum Gasteiger partial charge on any atom is -0.497 e. The van der Waals surface area contributed by atoms with E-state index in [1.807, 2.05) is 18.2 Å². The lowest BCUT2D eigenvalue weighted by molar-refractivity contribution is -0.119. The summed E-state index contributed by atoms with van der Waals surface area (Å²) >= 11 is 1.26. The third kappa shape index (κ3) is 4.81. The molecular weight excluding hydrogens is 354 g/mol. The zero-order chi connectivity index (χ0) is 18.4. The Balaban J connectivity index is 1.49. The first-order valence-electron chi connectivity index (χ1n) is 8.54. The maximum atomic E-state index is 12.0. The maximum absolute atomic E-state index is 12.0. The zero-order valence-corrected chi connectivity index (χ0v) is 15.5. The molecule has 1 saturated carbocycles. The van der Waals surface area contributed by atoms with Crippen LogP contribution in [0, 0.1) is 0 Å². The second-order valence-corrected chi connectivity index (χ2v) is 7.02. The average Bonchev–Trinajstić information content (AvgIpc) is 3.28. The van der Waals surface area contributed by atoms with Crippen molar-refractivity contribution in [3.8, 4) is 11.5 Å². The summed E-state index contributed by atoms with van der Waals surface area (Å²) in [5, 5.41) is 11.6. The molecule has 0 bridgehead atoms. The van der Waals surface area contributed by atoms with Gasteiger partial charge in [-0.15, -0.1) is 10.2 Å². The topological polar surface area (TPSA) is 104 Å². The highest BCUT2D eigenvalue weighted by molar-refractivity contribution is 7.99. The van der Waals surface area contributed by atoms with Gasteiger partial charge in [-0.25, -0.2) is 4.68 Å². The van der Waals surface area contributed by atoms with E-state index in [1.165, 1.54) is 29.3 Å². The Labute approximate surface area is 156 Å². The number of hydrogen-bond acceptors (Lipinski definition) is 7. The Bertz CT molecular complexity index is 746. The van der Waals surface area contributed by atoms with E-state index in [9.17, 15) is 4.79 Å². The summed E-state index contributed by atoms with van der Waals surface area (Å²) in [6, 6.07) is 7.59. The molecule has 1 fully saturated rings. The highest BCUT2D eigenvalue weighted by atomic mass is 32.2. The number of amides is 1. The third-order valence-electron chi connectivity index (χ3n) is 4.20. The normalized spacial score (nSPS) is 14.3. The van der Waals surface area contributed by atoms with Crippen LogP contribution in [-0.4, -0.2) is 39.7 Å². The number of nitrogen functional groups attached to an aromatic ring is 1. The SMILES string of the molecule is COc1cccc(OCc2nnc(SCC(=O)NC3CCCC3)n2N)c1. The average molecular weight is 377 g/mol. The Kier molecular flexibility index (Phi) is 6.21. The van der Waals surface area contributed by atoms with Gasteiger partial charge in [0.05, 0.1) is 12.9 Å². The van der Waals surface area contributed by atoms with Crippen molar-refractivity contribution in [3.63, 3.8) is 0 Å². The van der Waals surface area contributed by atoms with Gasteiger partial charge in [-0.1, -0.05) is 30.7 Å². The molecule has 0 radical (unpaired) electrons. The minimum atomic E-state index is -0.000851. The van der Waals surface area contributed by atoms with Crippen LogP contribution in [0.4, 0.5) is 0 Å². The van der Waals surface area contributed by atoms with E-state index in [0.29, 0.717) is 28.5 Å². The quantitative estimate of drug-likeness (QED) is 0.533. The van der Waals surface area contributed by atoms with Gasteiger partial charge >= 0.3 is 0 Å². The second kappa shape index (κ2) is 8.79. The first kappa shape index (κ1) is 18.4. The van der Waals surface area contributed by atoms with Crippen LogP contribution in [0.2, 0.25) is 0 Å². The molecule has 0 atom stereocenters. The zero-order valence-electron chi connectivity index (χ0n) is 14.7. The summed E-state index contributed by atoms with van der Waals surface area (Å²) in [6.07, 6.45) is 4.50. The predicted molar refractivity (Wildman–Crippen MR) is 98.6 cm³/mol. The van der Waals surface area contributed by atoms with Crippen LogP contribution in [0.3, 0.4) is 0 Å². The molecule has 1 heterocycles. The molecule has 9 heteroatoms. The lowest BCUT2D eigenvalue weighted by Crippen LogP contribution is -2.34. The summed E-state index contributed by atoms with van der Waals surface area (Å²) < 4.78 is 12.2. The number of nitrogens with zero attached hydrogens (tertiary/aromatic N) is 3. The predicted octanol–water partition coefficient (Wildman–Crippen LogP) is 1.73. The fraction of sp³-hybridized carbons (Fsp3) is 0.471. The summed E-state index contributed by atoms with van der Waals surface area (Å²) in [5.41, 5.74) is 0. The van der Waals surface area contributed by atoms with Crippen molar-refractivity contribution in [2.75, 3.05) is 18.7 Å². The van der Waals surface area contributed by atoms with Crippen LogP contribution < -0.4 is 20.6 Å². The Morgan fingerprint density at radius 3 is 2.88 bits per heavy atom. The van der Waals surface area contributed by atoms with E-state index >= 15 is 0 Å². The van der Waals surface area contributed by atoms with Crippen molar-refractivity contribution in [1.82, 2.24) is 20.2 Å². The maximum Gasteiger partial charge on any atom is 0.230 e. The van der Waals surface area contributed by atoms with Gasteiger partial charge in [0, 0.05) is 12.1 Å². The van der Waals surface area contributed by atoms with Crippen molar-refractivity contribution < 1.29 is 14.3 Å². The number of methoxy groups -OCH3 is 1. The van der Waals surface area contributed by atoms with Gasteiger partial charge in [-0.2, -0.15) is 0 Å². The molecule has 0 unspecified atom stereocenters. The molecular formula is C17H23N5O3S. The summed E-state index contributed by atoms with van der Waals surface area (Å²) in [6.45, 7) is 0.172. The van der Waals surface area contributed by atoms with E-state index < -0.39 is 0 Å². The first-order chi connectivity index (χ1) is 12.7. The van der Waals surface area contributed by atoms with Crippen LogP contribution in [0.5, 0.6) is 11.5 Å². The number of rotatable bonds is 8. The number of carbonyl (C=O) groups is 1. The molecule has 0 saturated heterocycles. The smallest absolute Gasteiger partial charge is 0.230 e. The summed E-state index contributed by atoms with van der Waals surface area (Å²) in [4.78, 5) is 12.0. The van der Waals surface area contributed by atoms with E-state index in [2.05, 4.69) is 15.5 Å². The van der Waals surface area contributed by atoms with Gasteiger partial charge in [0.1, 0.15) is 18.1 Å². The number of carbonyl (C=O) groups excluding carboxylic acids is 1. The lowest BCUT2D eigenvalue weighted by atomic mass is 10.2. The summed E-state index contributed by atoms with van der Waals surface area (Å²) in [5.74, 6) is 8.11. The Morgan fingerprint density at radius 2 is 2.12 bits per heavy atom. The molecule has 26 heavy (non-hydrogen) atoms. The van der Waals surface area contributed by atoms with E-state index in [-0.39, 0.29) is 18.3 Å². The van der Waals surface area contributed by atoms with Gasteiger partial charge < -0.3 is 20.6 Å². The number of nitrogens with two attached hydrogens (primary N) is 1. The van der Waals surface area contributed by atoms with Crippen molar-refractivity contribution in [2.24, 2.45) is 0 Å². The number of nitrogens with one attached hydrogen (secondary N) is 1. The van der Waals surface area contributed by atoms with Crippen LogP contribution in [-0.2, 0) is 11.4 Å². The number of thioether (sulfide) groups is 1. The lowest BCUT2D eigenvalue weighted by Gasteiger charge is -2.11. The minimum absolute atomic E-state index is 0.000851. The highest BCUT2D eigenvalue weighted by Crippen LogP contribution is 2.21. The van der Waals surface area contributed by atoms with Gasteiger partial charge in [0.2, 0.25) is 11.1 Å². The molecule has 1 aliphatic carbocycles. The molecule has 1 aliphatic rings. The standard InChI is InChI=1S/C17H23N5O3S/c1-24-13-7-4-8-14(9-13)25-10-15-20-21-17(22(15)18)26-11-16(23)19-12-5-2-3-6-12/h4,7-9,12H,2-3,5-6,10-11,18H2,1H3,(H,19,23). The number of aromatic nitrogens is 3. The fourth-order valence-electron chi connectivity index (χ4n) is 2.81. The van der Waals surface area contributed by atoms with Gasteiger partial charge in [-0.05, 0) is 25.0 Å². The Hall–Kier alpha value is -2.42. The van der Waals surface area contributed by atoms with E-state index in [1.54, 1.807) is 13.2 Å². The van der Waals surface area contributed by atoms with Crippen LogP contribution in [0.15, 0.2) is 29.4 Å². The molecule has 0 aliphatic heterocycles. The van der Waals surface area contributed by atoms with E-state index in [4.69, 9.17) is 15.3 Å². The second-order valence-electron chi connectivity index (χ2n) is 6.07. The monoisotopic (exact) mass is 377 g/mol. The van der Waals surface area contributed by atoms with Crippen molar-refractivity contribution >= 4 is 17.7 Å². The number of benzene rings is 1. The largest absolute Gasteiger partial charge is 0.497 e. The fourth-order valence-corrected chi connectivity index (χ4v) is 3.50. The molecule has 1 aromatic carbocycles. The van der Waals surface area contributed by atoms with Crippen molar-refractivity contribution in [2.45, 2.75) is 43.5 Å². The first-order valence-corrected chi connectivity index (χ1v) is 9.52. The Morgan fingerprint density at radius 1 is 1.35 bits per heavy atom. The van der Waals surface area contributed by atoms with Gasteiger partial charge in [0.15, 0.2) is 5.82 Å². The molecule has 0 spiro atoms. The molecule has 2 aromatic rings. The van der Waals surface area contributed by atoms with Crippen LogP contribution in [0.25, 0.3) is 0 Å². The number of hydrogen-bond donors (Lipinski definition) is 2. The summed E-state index contributed by atoms with van der Waals surface area (Å²) in [7, 11) is 1.60. The highest BCUT2D eigenvalue weighted by Gasteiger charge is 2.18. The molecule has 3 rings (SSSR count). The molecule has 8 nitrogen and oxygen atoms in total. The molecule has 140 valence electrons. The third-order valence-corrected chi connectivity index (χ3v) is 5.14. The molecule has 1 aromatic heterocycles. The van der Waals surface area contributed by atoms with Crippen molar-refractivity contribution in [1.29, 1.82) is 0 Å². The number of ether oxygens (including phenoxy) is 2. The molecule has 1 amide bonds. The van der Waals surface area contributed by atoms with E-state index in [0.717, 1.165) is 12.8 Å². The van der Waals surface area contributed by atoms with Gasteiger partial charge in [-0.3, -0.25) is 4.79 Å². The van der Waals surface area contributed by atoms with Gasteiger partial charge in [0.25, 0.3) is 0 Å². The van der Waals surface area contributed by atoms with Crippen LogP contribution in [0.1, 0.15) is 31.5 Å². The molecule has 3 N–H and O–H groups in total. The van der Waals surface area contributed by atoms with Crippen LogP contribution >= 0.6 is 11.8 Å². The van der Waals surface area contributed by atoms with Crippen molar-refractivity contribution in [3.05, 3.63) is 30.1 Å².